The van der Waals surface area contributed by atoms with Gasteiger partial charge in [-0.05, 0) is 57.7 Å². The number of nitrogens with zero attached hydrogens (tertiary/aromatic N) is 2. The summed E-state index contributed by atoms with van der Waals surface area (Å²) in [5.41, 5.74) is 1.81. The van der Waals surface area contributed by atoms with Crippen LogP contribution in [0.1, 0.15) is 38.7 Å². The van der Waals surface area contributed by atoms with Crippen LogP contribution in [0.2, 0.25) is 0 Å². The molecule has 1 aromatic rings. The second-order valence-corrected chi connectivity index (χ2v) is 9.09. The van der Waals surface area contributed by atoms with Crippen molar-refractivity contribution in [3.8, 4) is 0 Å². The van der Waals surface area contributed by atoms with Crippen LogP contribution in [0, 0.1) is 5.41 Å². The number of methoxy groups -OCH3 is 1. The van der Waals surface area contributed by atoms with Gasteiger partial charge in [-0.1, -0.05) is 0 Å². The topological polar surface area (TPSA) is 103 Å². The van der Waals surface area contributed by atoms with Crippen molar-refractivity contribution in [2.45, 2.75) is 64.1 Å². The van der Waals surface area contributed by atoms with Crippen LogP contribution in [0.25, 0.3) is 0 Å². The van der Waals surface area contributed by atoms with E-state index in [1.165, 1.54) is 44.5 Å². The maximum Gasteiger partial charge on any atom is 0.490 e. The number of hydrogen-bond donors (Lipinski definition) is 2. The summed E-state index contributed by atoms with van der Waals surface area (Å²) in [6.07, 6.45) is -2.59. The Morgan fingerprint density at radius 2 is 1.61 bits per heavy atom. The van der Waals surface area contributed by atoms with Crippen LogP contribution in [0.3, 0.4) is 0 Å². The molecule has 1 spiro atoms. The van der Waals surface area contributed by atoms with Gasteiger partial charge in [-0.2, -0.15) is 26.3 Å². The molecule has 3 rings (SSSR count). The Kier molecular flexibility index (Phi) is 11.7. The minimum atomic E-state index is -5.08. The van der Waals surface area contributed by atoms with Gasteiger partial charge < -0.3 is 19.4 Å². The van der Waals surface area contributed by atoms with Gasteiger partial charge in [0.1, 0.15) is 0 Å². The molecule has 14 heteroatoms. The van der Waals surface area contributed by atoms with Crippen LogP contribution in [0.5, 0.6) is 0 Å². The lowest BCUT2D eigenvalue weighted by atomic mass is 9.76. The summed E-state index contributed by atoms with van der Waals surface area (Å²) in [7, 11) is 1.83. The first-order chi connectivity index (χ1) is 16.5. The van der Waals surface area contributed by atoms with E-state index in [9.17, 15) is 26.3 Å². The Hall–Kier alpha value is -2.32. The first kappa shape index (κ1) is 31.7. The minimum absolute atomic E-state index is 0.514. The van der Waals surface area contributed by atoms with Gasteiger partial charge in [0.25, 0.3) is 0 Å². The average molecular weight is 534 g/mol. The lowest BCUT2D eigenvalue weighted by molar-refractivity contribution is -0.193. The van der Waals surface area contributed by atoms with Gasteiger partial charge in [0, 0.05) is 37.8 Å². The Bertz CT molecular complexity index is 781. The molecule has 1 unspecified atom stereocenters. The number of halogens is 6. The fourth-order valence-corrected chi connectivity index (χ4v) is 4.34. The molecule has 2 saturated heterocycles. The van der Waals surface area contributed by atoms with E-state index in [0.29, 0.717) is 17.5 Å². The lowest BCUT2D eigenvalue weighted by Gasteiger charge is -2.39. The zero-order valence-electron chi connectivity index (χ0n) is 20.2. The molecule has 8 nitrogen and oxygen atoms in total. The molecule has 1 atom stereocenters. The van der Waals surface area contributed by atoms with Gasteiger partial charge in [0.05, 0.1) is 19.1 Å². The fourth-order valence-electron chi connectivity index (χ4n) is 4.34. The van der Waals surface area contributed by atoms with Gasteiger partial charge in [-0.25, -0.2) is 9.59 Å². The van der Waals surface area contributed by atoms with Gasteiger partial charge in [-0.15, -0.1) is 0 Å². The molecule has 0 aliphatic carbocycles. The van der Waals surface area contributed by atoms with Crippen molar-refractivity contribution in [1.82, 2.24) is 9.80 Å². The molecular formula is C22H32F6N2O6. The minimum Gasteiger partial charge on any atom is -0.475 e. The van der Waals surface area contributed by atoms with E-state index in [4.69, 9.17) is 29.0 Å². The maximum absolute atomic E-state index is 10.6. The number of likely N-dealkylation sites (tertiary alicyclic amines) is 2. The molecule has 0 saturated carbocycles. The van der Waals surface area contributed by atoms with E-state index < -0.39 is 24.3 Å². The summed E-state index contributed by atoms with van der Waals surface area (Å²) in [6.45, 7) is 10.2. The molecule has 0 aromatic carbocycles. The number of hydrogen-bond acceptors (Lipinski definition) is 6. The summed E-state index contributed by atoms with van der Waals surface area (Å²) in [6, 6.07) is 3.30. The van der Waals surface area contributed by atoms with E-state index in [0.717, 1.165) is 13.2 Å². The number of rotatable bonds is 5. The average Bonchev–Trinajstić information content (AvgIpc) is 3.38. The van der Waals surface area contributed by atoms with E-state index in [1.807, 2.05) is 13.4 Å². The summed E-state index contributed by atoms with van der Waals surface area (Å²) >= 11 is 0. The zero-order chi connectivity index (χ0) is 27.7. The number of aliphatic carboxylic acids is 2. The van der Waals surface area contributed by atoms with Crippen LogP contribution >= 0.6 is 0 Å². The molecule has 3 heterocycles. The molecule has 0 bridgehead atoms. The number of carbonyl (C=O) groups is 2. The largest absolute Gasteiger partial charge is 0.490 e. The Morgan fingerprint density at radius 1 is 1.11 bits per heavy atom. The van der Waals surface area contributed by atoms with E-state index in [-0.39, 0.29) is 0 Å². The summed E-state index contributed by atoms with van der Waals surface area (Å²) in [4.78, 5) is 23.0. The third-order valence-electron chi connectivity index (χ3n) is 6.07. The number of carboxylic acid groups (broad SMARTS) is 2. The predicted octanol–water partition coefficient (Wildman–Crippen LogP) is 4.26. The zero-order valence-corrected chi connectivity index (χ0v) is 20.2. The first-order valence-electron chi connectivity index (χ1n) is 11.1. The van der Waals surface area contributed by atoms with Crippen molar-refractivity contribution in [2.24, 2.45) is 5.41 Å². The van der Waals surface area contributed by atoms with Crippen LogP contribution in [-0.2, 0) is 20.9 Å². The Balaban J connectivity index is 0.000000383. The van der Waals surface area contributed by atoms with E-state index >= 15 is 0 Å². The quantitative estimate of drug-likeness (QED) is 0.541. The smallest absolute Gasteiger partial charge is 0.475 e. The van der Waals surface area contributed by atoms with Crippen molar-refractivity contribution in [3.63, 3.8) is 0 Å². The predicted molar refractivity (Wildman–Crippen MR) is 115 cm³/mol. The van der Waals surface area contributed by atoms with E-state index in [2.05, 4.69) is 29.7 Å². The SMILES string of the molecule is COCC1CC2(CCN(Cc3ccoc3)CC2)CN1C(C)C.O=C(O)C(F)(F)F.O=C(O)C(F)(F)F. The monoisotopic (exact) mass is 534 g/mol. The number of piperidine rings is 1. The number of carboxylic acids is 2. The highest BCUT2D eigenvalue weighted by Crippen LogP contribution is 2.44. The standard InChI is InChI=1S/C18H30N2O2.2C2HF3O2/c1-15(2)20-14-18(10-17(20)13-21-3)5-7-19(8-6-18)11-16-4-9-22-12-16;2*3-2(4,5)1(6)7/h4,9,12,15,17H,5-8,10-11,13-14H2,1-3H3;2*(H,6,7). The third-order valence-corrected chi connectivity index (χ3v) is 6.07. The second-order valence-electron chi connectivity index (χ2n) is 9.09. The molecular weight excluding hydrogens is 502 g/mol. The molecule has 208 valence electrons. The van der Waals surface area contributed by atoms with Gasteiger partial charge in [0.15, 0.2) is 0 Å². The van der Waals surface area contributed by atoms with Gasteiger partial charge in [0.2, 0.25) is 0 Å². The van der Waals surface area contributed by atoms with Crippen LogP contribution in [0.15, 0.2) is 23.0 Å². The molecule has 0 amide bonds. The van der Waals surface area contributed by atoms with Crippen LogP contribution < -0.4 is 0 Å². The van der Waals surface area contributed by atoms with Crippen LogP contribution in [-0.4, -0.2) is 89.7 Å². The number of ether oxygens (including phenoxy) is 1. The third kappa shape index (κ3) is 10.3. The maximum atomic E-state index is 10.6. The van der Waals surface area contributed by atoms with Crippen molar-refractivity contribution < 1.29 is 55.3 Å². The molecule has 36 heavy (non-hydrogen) atoms. The van der Waals surface area contributed by atoms with Crippen LogP contribution in [0.4, 0.5) is 26.3 Å². The second kappa shape index (κ2) is 13.3. The highest BCUT2D eigenvalue weighted by molar-refractivity contribution is 5.73. The molecule has 2 fully saturated rings. The lowest BCUT2D eigenvalue weighted by Crippen LogP contribution is -2.42. The highest BCUT2D eigenvalue weighted by atomic mass is 19.4. The number of alkyl halides is 6. The van der Waals surface area contributed by atoms with Crippen molar-refractivity contribution in [1.29, 1.82) is 0 Å². The Labute approximate surface area is 204 Å². The molecule has 0 radical (unpaired) electrons. The van der Waals surface area contributed by atoms with Crippen molar-refractivity contribution in [3.05, 3.63) is 24.2 Å². The van der Waals surface area contributed by atoms with Crippen molar-refractivity contribution in [2.75, 3.05) is 33.4 Å². The highest BCUT2D eigenvalue weighted by Gasteiger charge is 2.46. The Morgan fingerprint density at radius 3 is 1.97 bits per heavy atom. The molecule has 2 aliphatic heterocycles. The summed E-state index contributed by atoms with van der Waals surface area (Å²) < 4.78 is 74.1. The van der Waals surface area contributed by atoms with Gasteiger partial charge >= 0.3 is 24.3 Å². The number of furan rings is 1. The first-order valence-corrected chi connectivity index (χ1v) is 11.1. The molecule has 2 N–H and O–H groups in total. The van der Waals surface area contributed by atoms with E-state index in [1.54, 1.807) is 6.26 Å². The molecule has 1 aromatic heterocycles. The summed E-state index contributed by atoms with van der Waals surface area (Å²) in [5, 5.41) is 14.2. The summed E-state index contributed by atoms with van der Waals surface area (Å²) in [5.74, 6) is -5.51. The fraction of sp³-hybridized carbons (Fsp3) is 0.727. The van der Waals surface area contributed by atoms with Gasteiger partial charge in [-0.3, -0.25) is 9.80 Å². The molecule has 2 aliphatic rings. The normalized spacial score (nSPS) is 20.4. The van der Waals surface area contributed by atoms with Crippen molar-refractivity contribution >= 4 is 11.9 Å².